The molecule has 0 saturated heterocycles. The van der Waals surface area contributed by atoms with Gasteiger partial charge in [0.2, 0.25) is 5.91 Å². The molecule has 0 spiro atoms. The van der Waals surface area contributed by atoms with E-state index in [2.05, 4.69) is 0 Å². The van der Waals surface area contributed by atoms with Gasteiger partial charge in [-0.15, -0.1) is 0 Å². The fourth-order valence-corrected chi connectivity index (χ4v) is 4.24. The minimum Gasteiger partial charge on any atom is -0.273 e. The van der Waals surface area contributed by atoms with Crippen molar-refractivity contribution in [3.63, 3.8) is 0 Å². The molecule has 1 atom stereocenters. The Kier molecular flexibility index (Phi) is 11.3. The molecule has 0 aromatic rings. The highest BCUT2D eigenvalue weighted by Gasteiger charge is 2.76. The summed E-state index contributed by atoms with van der Waals surface area (Å²) in [7, 11) is 0. The van der Waals surface area contributed by atoms with Crippen molar-refractivity contribution in [2.75, 3.05) is 0 Å². The number of hydrogen-bond acceptors (Lipinski definition) is 11. The first-order valence-electron chi connectivity index (χ1n) is 6.65. The predicted octanol–water partition coefficient (Wildman–Crippen LogP) is 4.16. The smallest absolute Gasteiger partial charge is 0.273 e. The molecule has 0 heterocycles. The van der Waals surface area contributed by atoms with Crippen LogP contribution in [0.25, 0.3) is 0 Å². The van der Waals surface area contributed by atoms with Crippen LogP contribution in [0.5, 0.6) is 0 Å². The minimum atomic E-state index is -4.97. The molecule has 0 saturated carbocycles. The first kappa shape index (κ1) is 29.9. The van der Waals surface area contributed by atoms with Crippen molar-refractivity contribution in [3.8, 4) is 0 Å². The maximum atomic E-state index is 14.7. The third-order valence-electron chi connectivity index (χ3n) is 3.17. The molecule has 0 aromatic heterocycles. The summed E-state index contributed by atoms with van der Waals surface area (Å²) in [5, 5.41) is 15.8. The van der Waals surface area contributed by atoms with E-state index in [1.165, 1.54) is 0 Å². The van der Waals surface area contributed by atoms with Crippen molar-refractivity contribution < 1.29 is 52.0 Å². The maximum Gasteiger partial charge on any atom is 0.614 e. The molecule has 0 radical (unpaired) electrons. The van der Waals surface area contributed by atoms with Crippen LogP contribution in [-0.4, -0.2) is 41.0 Å². The standard InChI is InChI=1S/C8H6F8N4O6S5/c9-5(19(23)24,20(25)26)2-1-3(21)17-18-4(22)6(27-12,28-13)7(10,29-14)8(11,30-15)31-16/h1-2H2,(H,17,21)(H,18,22). The number of nitrogens with one attached hydrogen (secondary N) is 2. The van der Waals surface area contributed by atoms with Gasteiger partial charge in [-0.1, -0.05) is 4.39 Å². The Morgan fingerprint density at radius 1 is 0.806 bits per heavy atom. The molecule has 2 amide bonds. The quantitative estimate of drug-likeness (QED) is 0.109. The normalized spacial score (nSPS) is 14.5. The average molecular weight is 566 g/mol. The molecule has 0 aromatic carbocycles. The number of hydrazine groups is 1. The fourth-order valence-electron chi connectivity index (χ4n) is 1.52. The van der Waals surface area contributed by atoms with Gasteiger partial charge >= 0.3 is 10.2 Å². The van der Waals surface area contributed by atoms with Crippen LogP contribution in [0.3, 0.4) is 0 Å². The number of nitrogens with zero attached hydrogens (tertiary/aromatic N) is 2. The summed E-state index contributed by atoms with van der Waals surface area (Å²) in [6.07, 6.45) is -3.13. The van der Waals surface area contributed by atoms with Gasteiger partial charge in [0, 0.05) is 6.42 Å². The van der Waals surface area contributed by atoms with Crippen LogP contribution in [0.15, 0.2) is 0 Å². The summed E-state index contributed by atoms with van der Waals surface area (Å²) < 4.78 is 98.4. The van der Waals surface area contributed by atoms with E-state index in [9.17, 15) is 62.4 Å². The van der Waals surface area contributed by atoms with E-state index in [1.54, 1.807) is 0 Å². The van der Waals surface area contributed by atoms with E-state index in [1.807, 2.05) is 0 Å². The van der Waals surface area contributed by atoms with Crippen LogP contribution < -0.4 is 10.9 Å². The number of halogens is 8. The molecule has 0 aliphatic rings. The monoisotopic (exact) mass is 566 g/mol. The Hall–Kier alpha value is -1.07. The molecule has 0 rings (SSSR count). The third-order valence-corrected chi connectivity index (χ3v) is 7.57. The van der Waals surface area contributed by atoms with E-state index < -0.39 is 115 Å². The van der Waals surface area contributed by atoms with Crippen molar-refractivity contribution in [3.05, 3.63) is 20.2 Å². The second-order valence-electron chi connectivity index (χ2n) is 4.87. The van der Waals surface area contributed by atoms with Gasteiger partial charge in [-0.3, -0.25) is 40.7 Å². The van der Waals surface area contributed by atoms with Crippen LogP contribution >= 0.6 is 60.7 Å². The van der Waals surface area contributed by atoms with Gasteiger partial charge in [-0.05, 0) is 0 Å². The summed E-state index contributed by atoms with van der Waals surface area (Å²) in [4.78, 5) is 40.1. The maximum absolute atomic E-state index is 14.7. The zero-order chi connectivity index (χ0) is 24.7. The molecule has 1 unspecified atom stereocenters. The molecule has 180 valence electrons. The fraction of sp³-hybridized carbons (Fsp3) is 0.750. The van der Waals surface area contributed by atoms with Crippen LogP contribution in [0.1, 0.15) is 12.8 Å². The molecule has 0 fully saturated rings. The van der Waals surface area contributed by atoms with Crippen molar-refractivity contribution in [2.45, 2.75) is 32.2 Å². The molecule has 10 nitrogen and oxygen atoms in total. The molecule has 23 heteroatoms. The van der Waals surface area contributed by atoms with Gasteiger partial charge in [-0.2, -0.15) is 19.4 Å². The SMILES string of the molecule is O=C(CCC(F)([N+](=O)[O-])[N+](=O)[O-])NNC(=O)C(SF)(SF)C(F)(SF)C(F)(SF)SF. The summed E-state index contributed by atoms with van der Waals surface area (Å²) in [6, 6.07) is 0. The van der Waals surface area contributed by atoms with E-state index >= 15 is 0 Å². The van der Waals surface area contributed by atoms with Crippen LogP contribution in [0.4, 0.5) is 32.6 Å². The van der Waals surface area contributed by atoms with E-state index in [0.717, 1.165) is 10.9 Å². The second-order valence-corrected chi connectivity index (χ2v) is 9.07. The summed E-state index contributed by atoms with van der Waals surface area (Å²) in [5.41, 5.74) is 2.17. The number of carbonyl (C=O) groups is 2. The Balaban J connectivity index is 5.59. The van der Waals surface area contributed by atoms with Gasteiger partial charge in [0.15, 0.2) is 0 Å². The zero-order valence-electron chi connectivity index (χ0n) is 13.8. The largest absolute Gasteiger partial charge is 0.614 e. The zero-order valence-corrected chi connectivity index (χ0v) is 17.9. The Labute approximate surface area is 187 Å². The molecule has 0 aliphatic heterocycles. The predicted molar refractivity (Wildman–Crippen MR) is 97.3 cm³/mol. The van der Waals surface area contributed by atoms with E-state index in [-0.39, 0.29) is 0 Å². The van der Waals surface area contributed by atoms with Crippen LogP contribution in [-0.2, 0) is 9.59 Å². The van der Waals surface area contributed by atoms with Gasteiger partial charge < -0.3 is 0 Å². The van der Waals surface area contributed by atoms with Crippen LogP contribution in [0, 0.1) is 20.2 Å². The Morgan fingerprint density at radius 3 is 1.58 bits per heavy atom. The second kappa shape index (κ2) is 11.7. The lowest BCUT2D eigenvalue weighted by Gasteiger charge is -2.39. The minimum absolute atomic E-state index is 1.01. The lowest BCUT2D eigenvalue weighted by molar-refractivity contribution is -0.832. The average Bonchev–Trinajstić information content (AvgIpc) is 2.75. The molecular weight excluding hydrogens is 560 g/mol. The molecule has 0 bridgehead atoms. The van der Waals surface area contributed by atoms with Gasteiger partial charge in [0.05, 0.1) is 36.4 Å². The molecule has 2 N–H and O–H groups in total. The van der Waals surface area contributed by atoms with Crippen molar-refractivity contribution in [2.24, 2.45) is 0 Å². The summed E-state index contributed by atoms with van der Waals surface area (Å²) in [6.45, 7) is 0. The molecule has 31 heavy (non-hydrogen) atoms. The first-order chi connectivity index (χ1) is 14.2. The van der Waals surface area contributed by atoms with Crippen molar-refractivity contribution >= 4 is 72.6 Å². The summed E-state index contributed by atoms with van der Waals surface area (Å²) >= 11 is -9.29. The molecular formula is C8H6F8N4O6S5. The van der Waals surface area contributed by atoms with Crippen molar-refractivity contribution in [1.82, 2.24) is 10.9 Å². The highest BCUT2D eigenvalue weighted by atomic mass is 32.2. The van der Waals surface area contributed by atoms with Gasteiger partial charge in [0.1, 0.15) is 40.6 Å². The number of hydrogen-bond donors (Lipinski definition) is 2. The topological polar surface area (TPSA) is 144 Å². The number of carbonyl (C=O) groups excluding carboxylic acids is 2. The van der Waals surface area contributed by atoms with Crippen LogP contribution in [0.2, 0.25) is 0 Å². The van der Waals surface area contributed by atoms with E-state index in [4.69, 9.17) is 0 Å². The number of alkyl halides is 3. The molecule has 0 aliphatic carbocycles. The first-order valence-corrected chi connectivity index (χ1v) is 10.2. The van der Waals surface area contributed by atoms with Crippen molar-refractivity contribution in [1.29, 1.82) is 0 Å². The van der Waals surface area contributed by atoms with Gasteiger partial charge in [0.25, 0.3) is 15.0 Å². The third kappa shape index (κ3) is 5.65. The van der Waals surface area contributed by atoms with Gasteiger partial charge in [-0.25, -0.2) is 8.78 Å². The highest BCUT2D eigenvalue weighted by Crippen LogP contribution is 2.66. The highest BCUT2D eigenvalue weighted by molar-refractivity contribution is 8.18. The van der Waals surface area contributed by atoms with E-state index in [0.29, 0.717) is 0 Å². The Morgan fingerprint density at radius 2 is 1.26 bits per heavy atom. The number of nitro groups is 2. The summed E-state index contributed by atoms with van der Waals surface area (Å²) in [5.74, 6) is -8.49. The number of rotatable bonds is 13. The lowest BCUT2D eigenvalue weighted by Crippen LogP contribution is -2.62. The number of amides is 2. The Bertz CT molecular complexity index is 691. The lowest BCUT2D eigenvalue weighted by atomic mass is 10.2.